The zero-order valence-electron chi connectivity index (χ0n) is 22.8. The summed E-state index contributed by atoms with van der Waals surface area (Å²) in [6.45, 7) is 3.49. The van der Waals surface area contributed by atoms with E-state index >= 15 is 0 Å². The number of anilines is 2. The number of benzene rings is 1. The first kappa shape index (κ1) is 28.9. The molecule has 0 aliphatic heterocycles. The zero-order chi connectivity index (χ0) is 29.4. The van der Waals surface area contributed by atoms with Crippen molar-refractivity contribution in [2.45, 2.75) is 51.5 Å². The molecule has 1 fully saturated rings. The molecule has 0 amide bonds. The first-order valence-electron chi connectivity index (χ1n) is 13.6. The van der Waals surface area contributed by atoms with Crippen LogP contribution in [-0.4, -0.2) is 57.2 Å². The topological polar surface area (TPSA) is 63.0 Å². The molecule has 41 heavy (non-hydrogen) atoms. The Kier molecular flexibility index (Phi) is 7.97. The largest absolute Gasteiger partial charge is 0.416 e. The van der Waals surface area contributed by atoms with E-state index in [-0.39, 0.29) is 25.1 Å². The lowest BCUT2D eigenvalue weighted by Crippen LogP contribution is -2.36. The summed E-state index contributed by atoms with van der Waals surface area (Å²) in [6, 6.07) is 9.60. The second-order valence-electron chi connectivity index (χ2n) is 10.7. The Morgan fingerprint density at radius 2 is 1.76 bits per heavy atom. The number of para-hydroxylation sites is 1. The lowest BCUT2D eigenvalue weighted by Gasteiger charge is -2.34. The predicted molar refractivity (Wildman–Crippen MR) is 143 cm³/mol. The van der Waals surface area contributed by atoms with Gasteiger partial charge in [-0.05, 0) is 61.4 Å². The molecule has 0 N–H and O–H groups in total. The van der Waals surface area contributed by atoms with Gasteiger partial charge in [-0.3, -0.25) is 0 Å². The van der Waals surface area contributed by atoms with Crippen molar-refractivity contribution in [1.29, 1.82) is 0 Å². The van der Waals surface area contributed by atoms with E-state index < -0.39 is 35.8 Å². The van der Waals surface area contributed by atoms with Crippen molar-refractivity contribution in [1.82, 2.24) is 25.2 Å². The second kappa shape index (κ2) is 11.3. The van der Waals surface area contributed by atoms with Crippen molar-refractivity contribution in [3.63, 3.8) is 0 Å². The van der Waals surface area contributed by atoms with Crippen molar-refractivity contribution in [3.8, 4) is 0 Å². The van der Waals surface area contributed by atoms with Crippen LogP contribution < -0.4 is 9.80 Å². The standard InChI is InChI=1S/C28H31F6N7/c1-3-40(15-18-7-6-8-18)25-21(13-20-9-4-5-10-24(20)35-25)17-41(26-36-38-39(2)37-26)16-19-11-22(27(29,30)31)14-23(12-19)28(32,33)34/h4-5,9-11,13-14,18-19H,3,6-8,12,15-17H2,1-2H3. The molecule has 7 nitrogen and oxygen atoms in total. The summed E-state index contributed by atoms with van der Waals surface area (Å²) in [7, 11) is 1.54. The zero-order valence-corrected chi connectivity index (χ0v) is 22.8. The summed E-state index contributed by atoms with van der Waals surface area (Å²) in [6.07, 6.45) is -5.85. The van der Waals surface area contributed by atoms with Crippen LogP contribution in [0.25, 0.3) is 10.9 Å². The van der Waals surface area contributed by atoms with E-state index in [1.165, 1.54) is 11.2 Å². The molecule has 2 aliphatic carbocycles. The van der Waals surface area contributed by atoms with Crippen LogP contribution in [0.4, 0.5) is 38.1 Å². The Morgan fingerprint density at radius 3 is 2.37 bits per heavy atom. The minimum atomic E-state index is -4.91. The third kappa shape index (κ3) is 6.65. The minimum absolute atomic E-state index is 0.110. The minimum Gasteiger partial charge on any atom is -0.356 e. The lowest BCUT2D eigenvalue weighted by molar-refractivity contribution is -0.0999. The molecule has 1 saturated carbocycles. The van der Waals surface area contributed by atoms with Crippen molar-refractivity contribution in [2.75, 3.05) is 29.4 Å². The SMILES string of the molecule is CCN(CC1CCC1)c1nc2ccccc2cc1CN(CC1C=C(C(F)(F)F)C=C(C(F)(F)F)C1)c1nnn(C)n1. The van der Waals surface area contributed by atoms with Crippen LogP contribution in [-0.2, 0) is 13.6 Å². The van der Waals surface area contributed by atoms with Gasteiger partial charge in [0.25, 0.3) is 5.95 Å². The van der Waals surface area contributed by atoms with Gasteiger partial charge in [-0.1, -0.05) is 35.8 Å². The van der Waals surface area contributed by atoms with Crippen LogP contribution in [0.15, 0.2) is 53.6 Å². The molecular formula is C28H31F6N7. The number of hydrogen-bond acceptors (Lipinski definition) is 6. The van der Waals surface area contributed by atoms with Gasteiger partial charge in [-0.2, -0.15) is 31.1 Å². The number of aryl methyl sites for hydroxylation is 1. The first-order chi connectivity index (χ1) is 19.4. The normalized spacial score (nSPS) is 18.2. The molecule has 5 rings (SSSR count). The van der Waals surface area contributed by atoms with E-state index in [0.717, 1.165) is 47.7 Å². The maximum atomic E-state index is 13.6. The van der Waals surface area contributed by atoms with E-state index in [1.54, 1.807) is 11.9 Å². The number of rotatable bonds is 9. The Bertz CT molecular complexity index is 1440. The Labute approximate surface area is 233 Å². The van der Waals surface area contributed by atoms with Crippen LogP contribution in [0.2, 0.25) is 0 Å². The molecule has 1 aromatic carbocycles. The molecule has 0 bridgehead atoms. The number of aromatic nitrogens is 5. The van der Waals surface area contributed by atoms with Crippen LogP contribution in [0.3, 0.4) is 0 Å². The molecule has 13 heteroatoms. The van der Waals surface area contributed by atoms with Crippen LogP contribution in [0.1, 0.15) is 38.2 Å². The van der Waals surface area contributed by atoms with Gasteiger partial charge in [-0.25, -0.2) is 4.98 Å². The van der Waals surface area contributed by atoms with Gasteiger partial charge in [0.15, 0.2) is 0 Å². The molecule has 0 saturated heterocycles. The number of halogens is 6. The van der Waals surface area contributed by atoms with Crippen molar-refractivity contribution in [3.05, 3.63) is 59.2 Å². The number of fused-ring (bicyclic) bond motifs is 1. The maximum Gasteiger partial charge on any atom is 0.416 e. The maximum absolute atomic E-state index is 13.6. The van der Waals surface area contributed by atoms with Gasteiger partial charge in [0.05, 0.1) is 18.1 Å². The molecule has 3 aromatic rings. The third-order valence-electron chi connectivity index (χ3n) is 7.68. The number of hydrogen-bond donors (Lipinski definition) is 0. The van der Waals surface area contributed by atoms with Crippen LogP contribution >= 0.6 is 0 Å². The second-order valence-corrected chi connectivity index (χ2v) is 10.7. The molecule has 2 heterocycles. The van der Waals surface area contributed by atoms with E-state index in [1.807, 2.05) is 37.3 Å². The third-order valence-corrected chi connectivity index (χ3v) is 7.68. The van der Waals surface area contributed by atoms with Crippen molar-refractivity contribution in [2.24, 2.45) is 18.9 Å². The Hall–Kier alpha value is -3.64. The van der Waals surface area contributed by atoms with Gasteiger partial charge >= 0.3 is 12.4 Å². The number of tetrazole rings is 1. The summed E-state index contributed by atoms with van der Waals surface area (Å²) < 4.78 is 81.7. The highest BCUT2D eigenvalue weighted by Gasteiger charge is 2.42. The predicted octanol–water partition coefficient (Wildman–Crippen LogP) is 6.39. The quantitative estimate of drug-likeness (QED) is 0.274. The highest BCUT2D eigenvalue weighted by molar-refractivity contribution is 5.82. The molecule has 0 radical (unpaired) electrons. The van der Waals surface area contributed by atoms with Gasteiger partial charge in [0.2, 0.25) is 0 Å². The monoisotopic (exact) mass is 579 g/mol. The molecule has 2 aromatic heterocycles. The number of nitrogens with zero attached hydrogens (tertiary/aromatic N) is 7. The fourth-order valence-electron chi connectivity index (χ4n) is 5.38. The molecule has 0 spiro atoms. The first-order valence-corrected chi connectivity index (χ1v) is 13.6. The van der Waals surface area contributed by atoms with Gasteiger partial charge in [-0.15, -0.1) is 5.10 Å². The van der Waals surface area contributed by atoms with Crippen molar-refractivity contribution < 1.29 is 26.3 Å². The fraction of sp³-hybridized carbons (Fsp3) is 0.500. The Balaban J connectivity index is 1.52. The molecule has 2 aliphatic rings. The number of allylic oxidation sites excluding steroid dienone is 3. The smallest absolute Gasteiger partial charge is 0.356 e. The highest BCUT2D eigenvalue weighted by Crippen LogP contribution is 2.40. The number of alkyl halides is 6. The summed E-state index contributed by atoms with van der Waals surface area (Å²) in [5.41, 5.74) is -0.943. The van der Waals surface area contributed by atoms with Crippen LogP contribution in [0.5, 0.6) is 0 Å². The summed E-state index contributed by atoms with van der Waals surface area (Å²) in [5, 5.41) is 13.0. The molecular weight excluding hydrogens is 548 g/mol. The van der Waals surface area contributed by atoms with Gasteiger partial charge in [0.1, 0.15) is 5.82 Å². The fourth-order valence-corrected chi connectivity index (χ4v) is 5.38. The highest BCUT2D eigenvalue weighted by atomic mass is 19.4. The van der Waals surface area contributed by atoms with E-state index in [9.17, 15) is 26.3 Å². The van der Waals surface area contributed by atoms with E-state index in [2.05, 4.69) is 20.3 Å². The molecule has 220 valence electrons. The van der Waals surface area contributed by atoms with Gasteiger partial charge < -0.3 is 9.80 Å². The van der Waals surface area contributed by atoms with E-state index in [0.29, 0.717) is 12.5 Å². The lowest BCUT2D eigenvalue weighted by atomic mass is 9.85. The van der Waals surface area contributed by atoms with Gasteiger partial charge in [0, 0.05) is 42.7 Å². The molecule has 1 atom stereocenters. The van der Waals surface area contributed by atoms with E-state index in [4.69, 9.17) is 4.98 Å². The molecule has 1 unspecified atom stereocenters. The summed E-state index contributed by atoms with van der Waals surface area (Å²) in [4.78, 5) is 9.95. The van der Waals surface area contributed by atoms with Crippen LogP contribution in [0, 0.1) is 11.8 Å². The average Bonchev–Trinajstić information content (AvgIpc) is 3.32. The summed E-state index contributed by atoms with van der Waals surface area (Å²) in [5.74, 6) is 0.303. The average molecular weight is 580 g/mol. The van der Waals surface area contributed by atoms with Crippen molar-refractivity contribution >= 4 is 22.7 Å². The Morgan fingerprint density at radius 1 is 1.00 bits per heavy atom. The number of pyridine rings is 1. The summed E-state index contributed by atoms with van der Waals surface area (Å²) >= 11 is 0.